The fourth-order valence-electron chi connectivity index (χ4n) is 0.889. The molecule has 1 heterocycles. The van der Waals surface area contributed by atoms with Crippen molar-refractivity contribution >= 4 is 5.97 Å². The van der Waals surface area contributed by atoms with E-state index >= 15 is 0 Å². The zero-order chi connectivity index (χ0) is 9.14. The Morgan fingerprint density at radius 3 is 2.92 bits per heavy atom. The SMILES string of the molecule is Cc1ncoc1C(O)CC(=O)O. The lowest BCUT2D eigenvalue weighted by atomic mass is 10.2. The van der Waals surface area contributed by atoms with Crippen molar-refractivity contribution in [2.45, 2.75) is 19.4 Å². The molecule has 0 fully saturated rings. The molecule has 5 heteroatoms. The lowest BCUT2D eigenvalue weighted by Gasteiger charge is -2.03. The highest BCUT2D eigenvalue weighted by atomic mass is 16.4. The average molecular weight is 171 g/mol. The molecular weight excluding hydrogens is 162 g/mol. The number of carboxylic acid groups (broad SMARTS) is 1. The zero-order valence-corrected chi connectivity index (χ0v) is 6.52. The molecule has 0 aliphatic carbocycles. The topological polar surface area (TPSA) is 83.6 Å². The molecule has 66 valence electrons. The minimum atomic E-state index is -1.11. The van der Waals surface area contributed by atoms with Crippen molar-refractivity contribution in [1.82, 2.24) is 4.98 Å². The van der Waals surface area contributed by atoms with Crippen LogP contribution in [0.2, 0.25) is 0 Å². The van der Waals surface area contributed by atoms with Crippen LogP contribution in [0.3, 0.4) is 0 Å². The van der Waals surface area contributed by atoms with Gasteiger partial charge >= 0.3 is 5.97 Å². The van der Waals surface area contributed by atoms with Gasteiger partial charge in [0, 0.05) is 0 Å². The summed E-state index contributed by atoms with van der Waals surface area (Å²) in [5.41, 5.74) is 0.517. The molecule has 2 N–H and O–H groups in total. The molecule has 12 heavy (non-hydrogen) atoms. The maximum atomic E-state index is 10.2. The Morgan fingerprint density at radius 1 is 1.83 bits per heavy atom. The summed E-state index contributed by atoms with van der Waals surface area (Å²) in [7, 11) is 0. The molecule has 0 aromatic carbocycles. The van der Waals surface area contributed by atoms with Gasteiger partial charge in [-0.25, -0.2) is 4.98 Å². The number of carboxylic acids is 1. The first-order chi connectivity index (χ1) is 5.61. The van der Waals surface area contributed by atoms with Crippen LogP contribution in [-0.4, -0.2) is 21.2 Å². The molecule has 1 aromatic heterocycles. The van der Waals surface area contributed by atoms with Crippen molar-refractivity contribution in [3.05, 3.63) is 17.8 Å². The number of rotatable bonds is 3. The van der Waals surface area contributed by atoms with Crippen molar-refractivity contribution in [2.75, 3.05) is 0 Å². The second-order valence-electron chi connectivity index (χ2n) is 2.42. The van der Waals surface area contributed by atoms with Gasteiger partial charge in [-0.15, -0.1) is 0 Å². The Balaban J connectivity index is 2.71. The summed E-state index contributed by atoms with van der Waals surface area (Å²) in [6.07, 6.45) is -0.295. The molecule has 5 nitrogen and oxygen atoms in total. The van der Waals surface area contributed by atoms with Gasteiger partial charge in [-0.1, -0.05) is 0 Å². The van der Waals surface area contributed by atoms with Gasteiger partial charge in [0.25, 0.3) is 0 Å². The van der Waals surface area contributed by atoms with Gasteiger partial charge in [0.2, 0.25) is 0 Å². The molecule has 0 aliphatic rings. The van der Waals surface area contributed by atoms with E-state index in [-0.39, 0.29) is 12.2 Å². The smallest absolute Gasteiger partial charge is 0.306 e. The van der Waals surface area contributed by atoms with Crippen LogP contribution in [0.25, 0.3) is 0 Å². The Kier molecular flexibility index (Phi) is 2.44. The molecular formula is C7H9NO4. The van der Waals surface area contributed by atoms with E-state index in [0.29, 0.717) is 5.69 Å². The number of oxazole rings is 1. The Labute approximate surface area is 68.7 Å². The second kappa shape index (κ2) is 3.36. The van der Waals surface area contributed by atoms with Crippen LogP contribution in [-0.2, 0) is 4.79 Å². The quantitative estimate of drug-likeness (QED) is 0.691. The number of aliphatic carboxylic acids is 1. The van der Waals surface area contributed by atoms with E-state index < -0.39 is 12.1 Å². The van der Waals surface area contributed by atoms with Crippen LogP contribution in [0.4, 0.5) is 0 Å². The van der Waals surface area contributed by atoms with Gasteiger partial charge in [-0.2, -0.15) is 0 Å². The molecule has 0 spiro atoms. The number of aromatic nitrogens is 1. The highest BCUT2D eigenvalue weighted by Gasteiger charge is 2.17. The molecule has 0 amide bonds. The van der Waals surface area contributed by atoms with Crippen LogP contribution >= 0.6 is 0 Å². The Morgan fingerprint density at radius 2 is 2.50 bits per heavy atom. The first-order valence-corrected chi connectivity index (χ1v) is 3.41. The zero-order valence-electron chi connectivity index (χ0n) is 6.52. The second-order valence-corrected chi connectivity index (χ2v) is 2.42. The first-order valence-electron chi connectivity index (χ1n) is 3.41. The van der Waals surface area contributed by atoms with Gasteiger partial charge in [0.15, 0.2) is 12.2 Å². The Hall–Kier alpha value is -1.36. The molecule has 1 aromatic rings. The molecule has 0 saturated carbocycles. The van der Waals surface area contributed by atoms with E-state index in [2.05, 4.69) is 4.98 Å². The summed E-state index contributed by atoms with van der Waals surface area (Å²) in [6.45, 7) is 1.64. The standard InChI is InChI=1S/C7H9NO4/c1-4-7(12-3-8-4)5(9)2-6(10)11/h3,5,9H,2H2,1H3,(H,10,11). The van der Waals surface area contributed by atoms with E-state index in [4.69, 9.17) is 9.52 Å². The third kappa shape index (κ3) is 1.82. The molecule has 1 rings (SSSR count). The number of hydrogen-bond donors (Lipinski definition) is 2. The number of aliphatic hydroxyl groups is 1. The number of aryl methyl sites for hydroxylation is 1. The number of carbonyl (C=O) groups is 1. The van der Waals surface area contributed by atoms with Gasteiger partial charge in [0.05, 0.1) is 12.1 Å². The first kappa shape index (κ1) is 8.73. The number of hydrogen-bond acceptors (Lipinski definition) is 4. The summed E-state index contributed by atoms with van der Waals surface area (Å²) in [5.74, 6) is -0.851. The van der Waals surface area contributed by atoms with E-state index in [1.807, 2.05) is 0 Å². The molecule has 1 unspecified atom stereocenters. The maximum Gasteiger partial charge on any atom is 0.306 e. The minimum Gasteiger partial charge on any atom is -0.481 e. The van der Waals surface area contributed by atoms with Gasteiger partial charge in [-0.3, -0.25) is 4.79 Å². The van der Waals surface area contributed by atoms with Crippen molar-refractivity contribution in [3.63, 3.8) is 0 Å². The average Bonchev–Trinajstić information content (AvgIpc) is 2.33. The van der Waals surface area contributed by atoms with Gasteiger partial charge in [0.1, 0.15) is 6.10 Å². The predicted octanol–water partition coefficient (Wildman–Crippen LogP) is 0.491. The Bertz CT molecular complexity index is 281. The van der Waals surface area contributed by atoms with Crippen LogP contribution in [0, 0.1) is 6.92 Å². The highest BCUT2D eigenvalue weighted by molar-refractivity contribution is 5.67. The number of aliphatic hydroxyl groups excluding tert-OH is 1. The monoisotopic (exact) mass is 171 g/mol. The summed E-state index contributed by atoms with van der Waals surface area (Å²) in [4.78, 5) is 13.9. The fourth-order valence-corrected chi connectivity index (χ4v) is 0.889. The molecule has 0 aliphatic heterocycles. The van der Waals surface area contributed by atoms with Crippen LogP contribution in [0.1, 0.15) is 24.0 Å². The third-order valence-corrected chi connectivity index (χ3v) is 1.45. The molecule has 0 bridgehead atoms. The van der Waals surface area contributed by atoms with Crippen molar-refractivity contribution < 1.29 is 19.4 Å². The van der Waals surface area contributed by atoms with E-state index in [9.17, 15) is 9.90 Å². The largest absolute Gasteiger partial charge is 0.481 e. The number of nitrogens with zero attached hydrogens (tertiary/aromatic N) is 1. The van der Waals surface area contributed by atoms with Crippen LogP contribution in [0.15, 0.2) is 10.8 Å². The van der Waals surface area contributed by atoms with Crippen molar-refractivity contribution in [3.8, 4) is 0 Å². The normalized spacial score (nSPS) is 12.8. The minimum absolute atomic E-state index is 0.220. The van der Waals surface area contributed by atoms with Crippen LogP contribution < -0.4 is 0 Å². The summed E-state index contributed by atoms with van der Waals surface area (Å²) >= 11 is 0. The van der Waals surface area contributed by atoms with Gasteiger partial charge in [-0.05, 0) is 6.92 Å². The lowest BCUT2D eigenvalue weighted by molar-refractivity contribution is -0.139. The fraction of sp³-hybridized carbons (Fsp3) is 0.429. The maximum absolute atomic E-state index is 10.2. The van der Waals surface area contributed by atoms with Crippen LogP contribution in [0.5, 0.6) is 0 Å². The van der Waals surface area contributed by atoms with E-state index in [1.165, 1.54) is 6.39 Å². The molecule has 0 saturated heterocycles. The van der Waals surface area contributed by atoms with Gasteiger partial charge < -0.3 is 14.6 Å². The highest BCUT2D eigenvalue weighted by Crippen LogP contribution is 2.18. The van der Waals surface area contributed by atoms with Crippen molar-refractivity contribution in [1.29, 1.82) is 0 Å². The summed E-state index contributed by atoms with van der Waals surface area (Å²) in [5, 5.41) is 17.6. The van der Waals surface area contributed by atoms with Crippen molar-refractivity contribution in [2.24, 2.45) is 0 Å². The van der Waals surface area contributed by atoms with E-state index in [0.717, 1.165) is 0 Å². The molecule has 1 atom stereocenters. The third-order valence-electron chi connectivity index (χ3n) is 1.45. The van der Waals surface area contributed by atoms with E-state index in [1.54, 1.807) is 6.92 Å². The molecule has 0 radical (unpaired) electrons. The summed E-state index contributed by atoms with van der Waals surface area (Å²) in [6, 6.07) is 0. The predicted molar refractivity (Wildman–Crippen MR) is 38.5 cm³/mol. The summed E-state index contributed by atoms with van der Waals surface area (Å²) < 4.78 is 4.80. The lowest BCUT2D eigenvalue weighted by Crippen LogP contribution is -2.05.